The van der Waals surface area contributed by atoms with Crippen LogP contribution in [0.5, 0.6) is 0 Å². The maximum atomic E-state index is 11.2. The molecule has 1 aliphatic heterocycles. The first kappa shape index (κ1) is 18.0. The molecule has 2 aromatic heterocycles. The first-order valence-electron chi connectivity index (χ1n) is 9.28. The van der Waals surface area contributed by atoms with Crippen molar-refractivity contribution in [2.75, 3.05) is 25.5 Å². The minimum Gasteiger partial charge on any atom is -0.465 e. The van der Waals surface area contributed by atoms with Crippen LogP contribution in [0.1, 0.15) is 18.9 Å². The Bertz CT molecular complexity index is 964. The Labute approximate surface area is 162 Å². The largest absolute Gasteiger partial charge is 0.465 e. The van der Waals surface area contributed by atoms with Gasteiger partial charge in [-0.3, -0.25) is 0 Å². The zero-order valence-electron chi connectivity index (χ0n) is 15.6. The lowest BCUT2D eigenvalue weighted by atomic mass is 10.0. The Morgan fingerprint density at radius 2 is 1.89 bits per heavy atom. The average molecular weight is 378 g/mol. The fourth-order valence-electron chi connectivity index (χ4n) is 3.65. The summed E-state index contributed by atoms with van der Waals surface area (Å²) in [6.07, 6.45) is 4.21. The lowest BCUT2D eigenvalue weighted by molar-refractivity contribution is 0.126. The van der Waals surface area contributed by atoms with Gasteiger partial charge in [-0.05, 0) is 18.9 Å². The molecule has 8 heteroatoms. The van der Waals surface area contributed by atoms with Gasteiger partial charge in [-0.15, -0.1) is 0 Å². The van der Waals surface area contributed by atoms with Gasteiger partial charge in [0.2, 0.25) is 5.95 Å². The van der Waals surface area contributed by atoms with E-state index in [1.54, 1.807) is 13.2 Å². The van der Waals surface area contributed by atoms with Crippen molar-refractivity contribution < 1.29 is 9.90 Å². The van der Waals surface area contributed by atoms with Crippen molar-refractivity contribution >= 4 is 12.0 Å². The van der Waals surface area contributed by atoms with Gasteiger partial charge in [-0.1, -0.05) is 30.3 Å². The van der Waals surface area contributed by atoms with Gasteiger partial charge >= 0.3 is 6.09 Å². The van der Waals surface area contributed by atoms with Gasteiger partial charge in [-0.25, -0.2) is 19.7 Å². The van der Waals surface area contributed by atoms with Crippen molar-refractivity contribution in [1.82, 2.24) is 24.4 Å². The van der Waals surface area contributed by atoms with E-state index in [0.717, 1.165) is 35.5 Å². The number of amides is 1. The molecule has 4 rings (SSSR count). The SMILES string of the molecule is CNc1nccc(-c2c(-c3ccccc3)ncn2C2CCN(C(=O)O)CC2)n1. The number of hydrogen-bond acceptors (Lipinski definition) is 5. The Balaban J connectivity index is 1.77. The highest BCUT2D eigenvalue weighted by atomic mass is 16.4. The molecular formula is C20H22N6O2. The summed E-state index contributed by atoms with van der Waals surface area (Å²) in [5.41, 5.74) is 3.60. The summed E-state index contributed by atoms with van der Waals surface area (Å²) in [5.74, 6) is 0.546. The summed E-state index contributed by atoms with van der Waals surface area (Å²) in [5, 5.41) is 12.2. The summed E-state index contributed by atoms with van der Waals surface area (Å²) in [6.45, 7) is 1.04. The molecule has 2 N–H and O–H groups in total. The van der Waals surface area contributed by atoms with Gasteiger partial charge < -0.3 is 19.9 Å². The molecule has 1 aromatic carbocycles. The van der Waals surface area contributed by atoms with Crippen LogP contribution >= 0.6 is 0 Å². The molecule has 1 aliphatic rings. The Hall–Kier alpha value is -3.42. The topological polar surface area (TPSA) is 96.2 Å². The number of anilines is 1. The third-order valence-electron chi connectivity index (χ3n) is 5.09. The summed E-state index contributed by atoms with van der Waals surface area (Å²) in [7, 11) is 1.79. The fourth-order valence-corrected chi connectivity index (χ4v) is 3.65. The first-order valence-corrected chi connectivity index (χ1v) is 9.28. The van der Waals surface area contributed by atoms with Crippen molar-refractivity contribution in [2.45, 2.75) is 18.9 Å². The van der Waals surface area contributed by atoms with Crippen LogP contribution in [0.15, 0.2) is 48.9 Å². The number of aromatic nitrogens is 4. The first-order chi connectivity index (χ1) is 13.7. The zero-order valence-corrected chi connectivity index (χ0v) is 15.6. The highest BCUT2D eigenvalue weighted by Gasteiger charge is 2.27. The van der Waals surface area contributed by atoms with Crippen LogP contribution < -0.4 is 5.32 Å². The van der Waals surface area contributed by atoms with Crippen LogP contribution in [-0.2, 0) is 0 Å². The third-order valence-corrected chi connectivity index (χ3v) is 5.09. The van der Waals surface area contributed by atoms with E-state index in [-0.39, 0.29) is 6.04 Å². The minimum absolute atomic E-state index is 0.170. The number of nitrogens with zero attached hydrogens (tertiary/aromatic N) is 5. The Kier molecular flexibility index (Phi) is 4.92. The van der Waals surface area contributed by atoms with Gasteiger partial charge in [-0.2, -0.15) is 0 Å². The second-order valence-electron chi connectivity index (χ2n) is 6.73. The van der Waals surface area contributed by atoms with Crippen LogP contribution in [-0.4, -0.2) is 55.8 Å². The maximum absolute atomic E-state index is 11.2. The van der Waals surface area contributed by atoms with E-state index in [2.05, 4.69) is 19.9 Å². The van der Waals surface area contributed by atoms with Crippen LogP contribution in [0.25, 0.3) is 22.6 Å². The number of benzene rings is 1. The molecular weight excluding hydrogens is 356 g/mol. The van der Waals surface area contributed by atoms with Crippen molar-refractivity contribution in [3.8, 4) is 22.6 Å². The number of piperidine rings is 1. The van der Waals surface area contributed by atoms with Crippen LogP contribution in [0.2, 0.25) is 0 Å². The Morgan fingerprint density at radius 3 is 2.57 bits per heavy atom. The van der Waals surface area contributed by atoms with E-state index in [0.29, 0.717) is 19.0 Å². The Morgan fingerprint density at radius 1 is 1.14 bits per heavy atom. The number of carbonyl (C=O) groups is 1. The van der Waals surface area contributed by atoms with E-state index < -0.39 is 6.09 Å². The van der Waals surface area contributed by atoms with Gasteiger partial charge in [0.1, 0.15) is 0 Å². The molecule has 0 aliphatic carbocycles. The van der Waals surface area contributed by atoms with Gasteiger partial charge in [0.25, 0.3) is 0 Å². The molecule has 8 nitrogen and oxygen atoms in total. The van der Waals surface area contributed by atoms with E-state index in [1.165, 1.54) is 4.90 Å². The molecule has 0 unspecified atom stereocenters. The number of likely N-dealkylation sites (tertiary alicyclic amines) is 1. The second-order valence-corrected chi connectivity index (χ2v) is 6.73. The summed E-state index contributed by atoms with van der Waals surface area (Å²) < 4.78 is 2.14. The predicted octanol–water partition coefficient (Wildman–Crippen LogP) is 3.36. The van der Waals surface area contributed by atoms with Crippen molar-refractivity contribution in [1.29, 1.82) is 0 Å². The van der Waals surface area contributed by atoms with Gasteiger partial charge in [0.05, 0.1) is 23.4 Å². The highest BCUT2D eigenvalue weighted by Crippen LogP contribution is 2.35. The molecule has 3 heterocycles. The molecule has 3 aromatic rings. The molecule has 1 fully saturated rings. The number of rotatable bonds is 4. The molecule has 0 atom stereocenters. The molecule has 28 heavy (non-hydrogen) atoms. The molecule has 0 radical (unpaired) electrons. The normalized spacial score (nSPS) is 14.8. The maximum Gasteiger partial charge on any atom is 0.407 e. The lowest BCUT2D eigenvalue weighted by Gasteiger charge is -2.31. The van der Waals surface area contributed by atoms with E-state index in [4.69, 9.17) is 4.98 Å². The van der Waals surface area contributed by atoms with Crippen molar-refractivity contribution in [3.63, 3.8) is 0 Å². The van der Waals surface area contributed by atoms with E-state index >= 15 is 0 Å². The second kappa shape index (κ2) is 7.67. The monoisotopic (exact) mass is 378 g/mol. The number of carboxylic acid groups (broad SMARTS) is 1. The summed E-state index contributed by atoms with van der Waals surface area (Å²) in [6, 6.07) is 12.1. The number of nitrogens with one attached hydrogen (secondary N) is 1. The zero-order chi connectivity index (χ0) is 19.5. The third kappa shape index (κ3) is 3.40. The molecule has 144 valence electrons. The van der Waals surface area contributed by atoms with Gasteiger partial charge in [0.15, 0.2) is 0 Å². The smallest absolute Gasteiger partial charge is 0.407 e. The summed E-state index contributed by atoms with van der Waals surface area (Å²) in [4.78, 5) is 26.2. The van der Waals surface area contributed by atoms with Crippen LogP contribution in [0.3, 0.4) is 0 Å². The van der Waals surface area contributed by atoms with Crippen LogP contribution in [0.4, 0.5) is 10.7 Å². The van der Waals surface area contributed by atoms with Gasteiger partial charge in [0, 0.05) is 37.9 Å². The van der Waals surface area contributed by atoms with Crippen molar-refractivity contribution in [2.24, 2.45) is 0 Å². The summed E-state index contributed by atoms with van der Waals surface area (Å²) >= 11 is 0. The molecule has 0 saturated carbocycles. The van der Waals surface area contributed by atoms with Crippen LogP contribution in [0, 0.1) is 0 Å². The standard InChI is InChI=1S/C20H22N6O2/c1-21-19-22-10-7-16(24-19)18-17(14-5-3-2-4-6-14)23-13-26(18)15-8-11-25(12-9-15)20(27)28/h2-7,10,13,15H,8-9,11-12H2,1H3,(H,27,28)(H,21,22,24). The molecule has 1 amide bonds. The lowest BCUT2D eigenvalue weighted by Crippen LogP contribution is -2.38. The predicted molar refractivity (Wildman–Crippen MR) is 106 cm³/mol. The molecule has 0 bridgehead atoms. The number of hydrogen-bond donors (Lipinski definition) is 2. The van der Waals surface area contributed by atoms with E-state index in [9.17, 15) is 9.90 Å². The van der Waals surface area contributed by atoms with Crippen molar-refractivity contribution in [3.05, 3.63) is 48.9 Å². The minimum atomic E-state index is -0.858. The molecule has 0 spiro atoms. The highest BCUT2D eigenvalue weighted by molar-refractivity contribution is 5.77. The number of imidazole rings is 1. The average Bonchev–Trinajstić information content (AvgIpc) is 3.19. The van der Waals surface area contributed by atoms with E-state index in [1.807, 2.05) is 42.7 Å². The quantitative estimate of drug-likeness (QED) is 0.723. The fraction of sp³-hybridized carbons (Fsp3) is 0.300. The molecule has 1 saturated heterocycles.